The molecule has 1 saturated carbocycles. The molecule has 2 N–H and O–H groups in total. The second-order valence-electron chi connectivity index (χ2n) is 9.94. The first-order valence-electron chi connectivity index (χ1n) is 12.4. The zero-order valence-corrected chi connectivity index (χ0v) is 20.9. The fourth-order valence-corrected chi connectivity index (χ4v) is 4.09. The highest BCUT2D eigenvalue weighted by Gasteiger charge is 2.20. The Hall–Kier alpha value is -1.12. The molecular weight excluding hydrogens is 364 g/mol. The molecule has 30 heavy (non-hydrogen) atoms. The molecule has 2 heteroatoms. The third-order valence-corrected chi connectivity index (χ3v) is 6.20. The van der Waals surface area contributed by atoms with E-state index >= 15 is 0 Å². The Labute approximate surface area is 188 Å². The van der Waals surface area contributed by atoms with Crippen LogP contribution in [0, 0.1) is 11.8 Å². The number of nitrogens with one attached hydrogen (secondary N) is 2. The van der Waals surface area contributed by atoms with E-state index < -0.39 is 0 Å². The fraction of sp³-hybridized carbons (Fsp3) is 0.714. The first-order chi connectivity index (χ1) is 14.4. The van der Waals surface area contributed by atoms with Gasteiger partial charge >= 0.3 is 0 Å². The molecule has 0 heterocycles. The van der Waals surface area contributed by atoms with Crippen molar-refractivity contribution >= 4 is 0 Å². The molecule has 0 aromatic carbocycles. The van der Waals surface area contributed by atoms with E-state index in [-0.39, 0.29) is 0 Å². The van der Waals surface area contributed by atoms with E-state index in [1.54, 1.807) is 0 Å². The molecule has 2 nitrogen and oxygen atoms in total. The quantitative estimate of drug-likeness (QED) is 0.229. The van der Waals surface area contributed by atoms with Gasteiger partial charge in [0.2, 0.25) is 0 Å². The van der Waals surface area contributed by atoms with Crippen molar-refractivity contribution in [1.82, 2.24) is 10.6 Å². The molecule has 0 unspecified atom stereocenters. The summed E-state index contributed by atoms with van der Waals surface area (Å²) in [4.78, 5) is 0. The van der Waals surface area contributed by atoms with Crippen LogP contribution in [0.25, 0.3) is 0 Å². The predicted octanol–water partition coefficient (Wildman–Crippen LogP) is 7.36. The zero-order valence-electron chi connectivity index (χ0n) is 20.9. The van der Waals surface area contributed by atoms with Crippen LogP contribution in [0.5, 0.6) is 0 Å². The second kappa shape index (κ2) is 16.6. The molecule has 0 aliphatic heterocycles. The molecule has 172 valence electrons. The van der Waals surface area contributed by atoms with Gasteiger partial charge in [0, 0.05) is 13.1 Å². The maximum absolute atomic E-state index is 3.67. The number of allylic oxidation sites excluding steroid dienone is 6. The summed E-state index contributed by atoms with van der Waals surface area (Å²) in [5, 5.41) is 7.34. The molecule has 0 bridgehead atoms. The highest BCUT2D eigenvalue weighted by molar-refractivity contribution is 5.04. The van der Waals surface area contributed by atoms with Gasteiger partial charge in [0.15, 0.2) is 0 Å². The lowest BCUT2D eigenvalue weighted by Crippen LogP contribution is -2.30. The summed E-state index contributed by atoms with van der Waals surface area (Å²) in [6.07, 6.45) is 19.7. The minimum absolute atomic E-state index is 0.873. The maximum atomic E-state index is 3.67. The van der Waals surface area contributed by atoms with E-state index in [2.05, 4.69) is 76.5 Å². The molecule has 0 aromatic heterocycles. The van der Waals surface area contributed by atoms with Gasteiger partial charge in [-0.25, -0.2) is 0 Å². The largest absolute Gasteiger partial charge is 0.313 e. The lowest BCUT2D eigenvalue weighted by atomic mass is 9.82. The average Bonchev–Trinajstić information content (AvgIpc) is 2.69. The maximum Gasteiger partial charge on any atom is 0.0137 e. The molecule has 0 aromatic rings. The Morgan fingerprint density at radius 2 is 0.967 bits per heavy atom. The zero-order chi connectivity index (χ0) is 22.2. The van der Waals surface area contributed by atoms with Crippen LogP contribution in [-0.2, 0) is 0 Å². The minimum atomic E-state index is 0.873. The van der Waals surface area contributed by atoms with E-state index in [0.717, 1.165) is 24.9 Å². The summed E-state index contributed by atoms with van der Waals surface area (Å²) in [6.45, 7) is 17.7. The van der Waals surface area contributed by atoms with Crippen molar-refractivity contribution in [1.29, 1.82) is 0 Å². The van der Waals surface area contributed by atoms with Gasteiger partial charge in [0.05, 0.1) is 0 Å². The van der Waals surface area contributed by atoms with Gasteiger partial charge < -0.3 is 10.6 Å². The van der Waals surface area contributed by atoms with Crippen LogP contribution in [0.1, 0.15) is 92.9 Å². The van der Waals surface area contributed by atoms with Crippen LogP contribution in [0.2, 0.25) is 0 Å². The average molecular weight is 415 g/mol. The fourth-order valence-electron chi connectivity index (χ4n) is 4.09. The number of rotatable bonds is 14. The Kier molecular flexibility index (Phi) is 14.9. The third-order valence-electron chi connectivity index (χ3n) is 6.20. The minimum Gasteiger partial charge on any atom is -0.313 e. The molecule has 0 spiro atoms. The Bertz CT molecular complexity index is 511. The SMILES string of the molecule is CC(C)=CCC/C(C)=C/CNCC1CCC(CNC/C=C(\C)CCC=C(C)C)CC1. The summed E-state index contributed by atoms with van der Waals surface area (Å²) in [6, 6.07) is 0. The molecule has 1 rings (SSSR count). The summed E-state index contributed by atoms with van der Waals surface area (Å²) in [7, 11) is 0. The number of hydrogen-bond acceptors (Lipinski definition) is 2. The van der Waals surface area contributed by atoms with Crippen molar-refractivity contribution < 1.29 is 0 Å². The standard InChI is InChI=1S/C28H50N2/c1-23(2)9-7-11-25(5)17-19-29-21-27-13-15-28(16-14-27)22-30-20-18-26(6)12-8-10-24(3)4/h9-10,17-18,27-30H,7-8,11-16,19-22H2,1-6H3/b25-17+,26-18+. The van der Waals surface area contributed by atoms with Crippen molar-refractivity contribution in [3.8, 4) is 0 Å². The molecule has 1 aliphatic carbocycles. The highest BCUT2D eigenvalue weighted by Crippen LogP contribution is 2.27. The highest BCUT2D eigenvalue weighted by atomic mass is 14.9. The van der Waals surface area contributed by atoms with E-state index in [4.69, 9.17) is 0 Å². The summed E-state index contributed by atoms with van der Waals surface area (Å²) < 4.78 is 0. The van der Waals surface area contributed by atoms with Gasteiger partial charge in [0.25, 0.3) is 0 Å². The Balaban J connectivity index is 2.08. The summed E-state index contributed by atoms with van der Waals surface area (Å²) in [5.74, 6) is 1.75. The first-order valence-corrected chi connectivity index (χ1v) is 12.4. The molecule has 1 aliphatic rings. The van der Waals surface area contributed by atoms with E-state index in [1.165, 1.54) is 86.7 Å². The first kappa shape index (κ1) is 26.9. The molecule has 1 fully saturated rings. The molecule has 0 radical (unpaired) electrons. The van der Waals surface area contributed by atoms with Crippen molar-refractivity contribution in [2.75, 3.05) is 26.2 Å². The molecule has 0 saturated heterocycles. The third kappa shape index (κ3) is 14.8. The van der Waals surface area contributed by atoms with Gasteiger partial charge in [-0.15, -0.1) is 0 Å². The van der Waals surface area contributed by atoms with Crippen LogP contribution in [0.4, 0.5) is 0 Å². The van der Waals surface area contributed by atoms with Gasteiger partial charge in [-0.1, -0.05) is 46.6 Å². The monoisotopic (exact) mass is 414 g/mol. The van der Waals surface area contributed by atoms with Crippen molar-refractivity contribution in [3.05, 3.63) is 46.6 Å². The Morgan fingerprint density at radius 3 is 1.30 bits per heavy atom. The van der Waals surface area contributed by atoms with Gasteiger partial charge in [-0.3, -0.25) is 0 Å². The van der Waals surface area contributed by atoms with Crippen LogP contribution >= 0.6 is 0 Å². The number of hydrogen-bond donors (Lipinski definition) is 2. The second-order valence-corrected chi connectivity index (χ2v) is 9.94. The summed E-state index contributed by atoms with van der Waals surface area (Å²) in [5.41, 5.74) is 5.87. The van der Waals surface area contributed by atoms with Crippen molar-refractivity contribution in [3.63, 3.8) is 0 Å². The smallest absolute Gasteiger partial charge is 0.0137 e. The van der Waals surface area contributed by atoms with Crippen molar-refractivity contribution in [2.45, 2.75) is 92.9 Å². The van der Waals surface area contributed by atoms with E-state index in [0.29, 0.717) is 0 Å². The van der Waals surface area contributed by atoms with Gasteiger partial charge in [-0.05, 0) is 118 Å². The van der Waals surface area contributed by atoms with Crippen molar-refractivity contribution in [2.24, 2.45) is 11.8 Å². The molecule has 0 amide bonds. The summed E-state index contributed by atoms with van der Waals surface area (Å²) >= 11 is 0. The van der Waals surface area contributed by atoms with Gasteiger partial charge in [0.1, 0.15) is 0 Å². The van der Waals surface area contributed by atoms with Crippen LogP contribution in [0.15, 0.2) is 46.6 Å². The molecule has 0 atom stereocenters. The molecular formula is C28H50N2. The predicted molar refractivity (Wildman–Crippen MR) is 136 cm³/mol. The lowest BCUT2D eigenvalue weighted by molar-refractivity contribution is 0.265. The topological polar surface area (TPSA) is 24.1 Å². The van der Waals surface area contributed by atoms with Crippen LogP contribution in [0.3, 0.4) is 0 Å². The lowest BCUT2D eigenvalue weighted by Gasteiger charge is -2.28. The van der Waals surface area contributed by atoms with Gasteiger partial charge in [-0.2, -0.15) is 0 Å². The van der Waals surface area contributed by atoms with Crippen LogP contribution < -0.4 is 10.6 Å². The normalized spacial score (nSPS) is 20.2. The Morgan fingerprint density at radius 1 is 0.600 bits per heavy atom. The van der Waals surface area contributed by atoms with E-state index in [1.807, 2.05) is 0 Å². The van der Waals surface area contributed by atoms with E-state index in [9.17, 15) is 0 Å². The van der Waals surface area contributed by atoms with Crippen LogP contribution in [-0.4, -0.2) is 26.2 Å².